The van der Waals surface area contributed by atoms with Crippen molar-refractivity contribution in [2.24, 2.45) is 0 Å². The largest absolute Gasteiger partial charge is 0.391 e. The number of aromatic nitrogens is 3. The third kappa shape index (κ3) is 5.98. The molecule has 0 saturated heterocycles. The molecule has 0 radical (unpaired) electrons. The van der Waals surface area contributed by atoms with Crippen LogP contribution in [0.1, 0.15) is 38.4 Å². The Morgan fingerprint density at radius 2 is 2.35 bits per heavy atom. The molecule has 2 N–H and O–H groups in total. The molecule has 0 spiro atoms. The molecule has 0 aliphatic rings. The van der Waals surface area contributed by atoms with Gasteiger partial charge in [0.15, 0.2) is 4.77 Å². The smallest absolute Gasteiger partial charge is 0.195 e. The first kappa shape index (κ1) is 17.1. The van der Waals surface area contributed by atoms with Gasteiger partial charge in [-0.1, -0.05) is 25.8 Å². The summed E-state index contributed by atoms with van der Waals surface area (Å²) >= 11 is 5.14. The Morgan fingerprint density at radius 3 is 3.05 bits per heavy atom. The molecular weight excluding hydrogens is 274 g/mol. The molecule has 1 aromatic heterocycles. The van der Waals surface area contributed by atoms with Gasteiger partial charge < -0.3 is 14.4 Å². The van der Waals surface area contributed by atoms with Crippen LogP contribution >= 0.6 is 12.2 Å². The fraction of sp³-hybridized carbons (Fsp3) is 0.714. The quantitative estimate of drug-likeness (QED) is 0.374. The maximum atomic E-state index is 9.88. The number of ether oxygens (including phenoxy) is 1. The third-order valence-electron chi connectivity index (χ3n) is 3.05. The molecular formula is C14H25N3O2S. The second-order valence-corrected chi connectivity index (χ2v) is 5.21. The third-order valence-corrected chi connectivity index (χ3v) is 3.36. The summed E-state index contributed by atoms with van der Waals surface area (Å²) < 4.78 is 7.92. The summed E-state index contributed by atoms with van der Waals surface area (Å²) in [5.41, 5.74) is 0. The monoisotopic (exact) mass is 299 g/mol. The number of hydrogen-bond donors (Lipinski definition) is 2. The summed E-state index contributed by atoms with van der Waals surface area (Å²) in [5, 5.41) is 16.8. The van der Waals surface area contributed by atoms with Crippen molar-refractivity contribution in [3.8, 4) is 0 Å². The van der Waals surface area contributed by atoms with Gasteiger partial charge in [0.25, 0.3) is 0 Å². The summed E-state index contributed by atoms with van der Waals surface area (Å²) in [5.74, 6) is 0.847. The van der Waals surface area contributed by atoms with Crippen LogP contribution < -0.4 is 0 Å². The highest BCUT2D eigenvalue weighted by Crippen LogP contribution is 2.05. The number of allylic oxidation sites excluding steroid dienone is 1. The van der Waals surface area contributed by atoms with E-state index in [1.54, 1.807) is 6.08 Å². The Hall–Kier alpha value is -0.980. The second-order valence-electron chi connectivity index (χ2n) is 4.82. The predicted octanol–water partition coefficient (Wildman–Crippen LogP) is 2.63. The highest BCUT2D eigenvalue weighted by Gasteiger charge is 2.09. The summed E-state index contributed by atoms with van der Waals surface area (Å²) in [6.07, 6.45) is 6.01. The number of unbranched alkanes of at least 4 members (excludes halogenated alkanes) is 2. The minimum Gasteiger partial charge on any atom is -0.391 e. The Labute approximate surface area is 125 Å². The Bertz CT molecular complexity index is 442. The molecule has 114 valence electrons. The molecule has 0 aliphatic carbocycles. The molecule has 5 nitrogen and oxygen atoms in total. The number of aromatic amines is 1. The van der Waals surface area contributed by atoms with Gasteiger partial charge in [-0.25, -0.2) is 0 Å². The van der Waals surface area contributed by atoms with E-state index in [9.17, 15) is 5.11 Å². The molecule has 0 unspecified atom stereocenters. The molecule has 1 rings (SSSR count). The van der Waals surface area contributed by atoms with E-state index in [-0.39, 0.29) is 0 Å². The normalized spacial score (nSPS) is 12.5. The number of hydrogen-bond acceptors (Lipinski definition) is 4. The van der Waals surface area contributed by atoms with E-state index < -0.39 is 6.10 Å². The molecule has 1 atom stereocenters. The van der Waals surface area contributed by atoms with Crippen molar-refractivity contribution in [1.82, 2.24) is 14.8 Å². The second kappa shape index (κ2) is 9.85. The SMILES string of the molecule is C=CCn1c(CC[C@@H](O)COCCCCC)n[nH]c1=S. The fourth-order valence-electron chi connectivity index (χ4n) is 1.91. The number of aliphatic hydroxyl groups is 1. The molecule has 1 heterocycles. The van der Waals surface area contributed by atoms with Gasteiger partial charge in [-0.15, -0.1) is 6.58 Å². The minimum absolute atomic E-state index is 0.385. The van der Waals surface area contributed by atoms with Crippen LogP contribution in [0.2, 0.25) is 0 Å². The topological polar surface area (TPSA) is 63.1 Å². The van der Waals surface area contributed by atoms with Crippen LogP contribution in [-0.2, 0) is 17.7 Å². The molecule has 6 heteroatoms. The molecule has 0 saturated carbocycles. The fourth-order valence-corrected chi connectivity index (χ4v) is 2.14. The maximum Gasteiger partial charge on any atom is 0.195 e. The van der Waals surface area contributed by atoms with E-state index in [2.05, 4.69) is 23.7 Å². The van der Waals surface area contributed by atoms with Crippen LogP contribution in [0.5, 0.6) is 0 Å². The van der Waals surface area contributed by atoms with Gasteiger partial charge in [0.1, 0.15) is 5.82 Å². The van der Waals surface area contributed by atoms with Gasteiger partial charge in [-0.05, 0) is 25.1 Å². The van der Waals surface area contributed by atoms with E-state index in [1.807, 2.05) is 4.57 Å². The van der Waals surface area contributed by atoms with E-state index in [1.165, 1.54) is 12.8 Å². The average molecular weight is 299 g/mol. The van der Waals surface area contributed by atoms with Crippen molar-refractivity contribution in [3.05, 3.63) is 23.3 Å². The first-order valence-corrected chi connectivity index (χ1v) is 7.60. The molecule has 0 fully saturated rings. The van der Waals surface area contributed by atoms with Gasteiger partial charge >= 0.3 is 0 Å². The lowest BCUT2D eigenvalue weighted by Crippen LogP contribution is -2.17. The minimum atomic E-state index is -0.459. The number of aryl methyl sites for hydroxylation is 1. The number of aliphatic hydroxyl groups excluding tert-OH is 1. The van der Waals surface area contributed by atoms with Crippen molar-refractivity contribution >= 4 is 12.2 Å². The van der Waals surface area contributed by atoms with E-state index in [4.69, 9.17) is 17.0 Å². The zero-order valence-corrected chi connectivity index (χ0v) is 13.0. The average Bonchev–Trinajstić information content (AvgIpc) is 2.78. The highest BCUT2D eigenvalue weighted by atomic mass is 32.1. The number of H-pyrrole nitrogens is 1. The first-order valence-electron chi connectivity index (χ1n) is 7.19. The predicted molar refractivity (Wildman–Crippen MR) is 82.3 cm³/mol. The Balaban J connectivity index is 2.28. The summed E-state index contributed by atoms with van der Waals surface area (Å²) in [7, 11) is 0. The maximum absolute atomic E-state index is 9.88. The summed E-state index contributed by atoms with van der Waals surface area (Å²) in [6, 6.07) is 0. The lowest BCUT2D eigenvalue weighted by Gasteiger charge is -2.11. The van der Waals surface area contributed by atoms with Crippen molar-refractivity contribution in [3.63, 3.8) is 0 Å². The van der Waals surface area contributed by atoms with Crippen LogP contribution in [-0.4, -0.2) is 39.2 Å². The molecule has 0 aromatic carbocycles. The standard InChI is InChI=1S/C14H25N3O2S/c1-3-5-6-10-19-11-12(18)7-8-13-15-16-14(20)17(13)9-4-2/h4,12,18H,2-3,5-11H2,1H3,(H,16,20)/t12-/m1/s1. The van der Waals surface area contributed by atoms with Crippen LogP contribution in [0, 0.1) is 4.77 Å². The number of nitrogens with one attached hydrogen (secondary N) is 1. The molecule has 20 heavy (non-hydrogen) atoms. The van der Waals surface area contributed by atoms with Gasteiger partial charge in [-0.2, -0.15) is 5.10 Å². The lowest BCUT2D eigenvalue weighted by atomic mass is 10.2. The number of nitrogens with zero attached hydrogens (tertiary/aromatic N) is 2. The molecule has 1 aromatic rings. The van der Waals surface area contributed by atoms with E-state index >= 15 is 0 Å². The zero-order chi connectivity index (χ0) is 14.8. The van der Waals surface area contributed by atoms with Gasteiger partial charge in [0.05, 0.1) is 12.7 Å². The summed E-state index contributed by atoms with van der Waals surface area (Å²) in [6.45, 7) is 7.60. The molecule has 0 aliphatic heterocycles. The highest BCUT2D eigenvalue weighted by molar-refractivity contribution is 7.71. The van der Waals surface area contributed by atoms with Gasteiger partial charge in [0, 0.05) is 19.6 Å². The van der Waals surface area contributed by atoms with Crippen molar-refractivity contribution in [2.75, 3.05) is 13.2 Å². The van der Waals surface area contributed by atoms with Crippen molar-refractivity contribution in [2.45, 2.75) is 51.7 Å². The Kier molecular flexibility index (Phi) is 8.41. The van der Waals surface area contributed by atoms with Crippen LogP contribution in [0.3, 0.4) is 0 Å². The molecule has 0 bridgehead atoms. The van der Waals surface area contributed by atoms with Crippen LogP contribution in [0.15, 0.2) is 12.7 Å². The van der Waals surface area contributed by atoms with E-state index in [0.717, 1.165) is 18.9 Å². The van der Waals surface area contributed by atoms with Gasteiger partial charge in [0.2, 0.25) is 0 Å². The van der Waals surface area contributed by atoms with Crippen molar-refractivity contribution < 1.29 is 9.84 Å². The lowest BCUT2D eigenvalue weighted by molar-refractivity contribution is 0.0310. The Morgan fingerprint density at radius 1 is 1.55 bits per heavy atom. The van der Waals surface area contributed by atoms with Crippen LogP contribution in [0.4, 0.5) is 0 Å². The molecule has 0 amide bonds. The van der Waals surface area contributed by atoms with E-state index in [0.29, 0.717) is 30.8 Å². The number of rotatable bonds is 11. The summed E-state index contributed by atoms with van der Waals surface area (Å²) in [4.78, 5) is 0. The first-order chi connectivity index (χ1) is 9.69. The van der Waals surface area contributed by atoms with Crippen LogP contribution in [0.25, 0.3) is 0 Å². The van der Waals surface area contributed by atoms with Gasteiger partial charge in [-0.3, -0.25) is 5.10 Å². The van der Waals surface area contributed by atoms with Crippen molar-refractivity contribution in [1.29, 1.82) is 0 Å². The zero-order valence-electron chi connectivity index (χ0n) is 12.2.